The van der Waals surface area contributed by atoms with Gasteiger partial charge < -0.3 is 9.84 Å². The van der Waals surface area contributed by atoms with Gasteiger partial charge in [-0.25, -0.2) is 14.8 Å². The summed E-state index contributed by atoms with van der Waals surface area (Å²) in [7, 11) is 0. The molecule has 0 aliphatic carbocycles. The molecule has 0 unspecified atom stereocenters. The molecule has 8 heteroatoms. The average Bonchev–Trinajstić information content (AvgIpc) is 3.36. The van der Waals surface area contributed by atoms with E-state index in [1.54, 1.807) is 54.6 Å². The number of carboxylic acid groups (broad SMARTS) is 1. The molecule has 8 nitrogen and oxygen atoms in total. The van der Waals surface area contributed by atoms with E-state index in [-0.39, 0.29) is 5.56 Å². The van der Waals surface area contributed by atoms with Crippen LogP contribution >= 0.6 is 0 Å². The lowest BCUT2D eigenvalue weighted by Gasteiger charge is -2.29. The summed E-state index contributed by atoms with van der Waals surface area (Å²) in [4.78, 5) is 46.4. The van der Waals surface area contributed by atoms with Crippen LogP contribution in [-0.2, 0) is 14.4 Å². The number of rotatable bonds is 6. The number of nitrogens with zero attached hydrogens (tertiary/aromatic N) is 2. The predicted molar refractivity (Wildman–Crippen MR) is 124 cm³/mol. The summed E-state index contributed by atoms with van der Waals surface area (Å²) in [5.41, 5.74) is 1.45. The molecule has 0 aromatic heterocycles. The second-order valence-electron chi connectivity index (χ2n) is 7.99. The molecule has 3 aromatic rings. The largest absolute Gasteiger partial charge is 0.494 e. The maximum atomic E-state index is 13.7. The highest BCUT2D eigenvalue weighted by Crippen LogP contribution is 2.48. The monoisotopic (exact) mass is 458 g/mol. The number of anilines is 2. The van der Waals surface area contributed by atoms with Gasteiger partial charge in [0.15, 0.2) is 6.10 Å². The van der Waals surface area contributed by atoms with E-state index in [1.165, 1.54) is 11.1 Å². The Balaban J connectivity index is 1.60. The number of para-hydroxylation sites is 1. The van der Waals surface area contributed by atoms with Gasteiger partial charge in [-0.3, -0.25) is 14.4 Å². The first-order valence-corrected chi connectivity index (χ1v) is 10.9. The molecule has 5 rings (SSSR count). The minimum atomic E-state index is -1.12. The van der Waals surface area contributed by atoms with Crippen LogP contribution in [0.15, 0.2) is 78.9 Å². The van der Waals surface area contributed by atoms with E-state index in [9.17, 15) is 19.5 Å². The summed E-state index contributed by atoms with van der Waals surface area (Å²) in [6.45, 7) is 2.29. The Morgan fingerprint density at radius 2 is 1.65 bits per heavy atom. The van der Waals surface area contributed by atoms with Crippen LogP contribution in [0.25, 0.3) is 0 Å². The van der Waals surface area contributed by atoms with Gasteiger partial charge in [0.05, 0.1) is 29.6 Å². The molecule has 0 spiro atoms. The van der Waals surface area contributed by atoms with Gasteiger partial charge in [0.2, 0.25) is 5.91 Å². The van der Waals surface area contributed by atoms with Crippen molar-refractivity contribution in [1.82, 2.24) is 0 Å². The standard InChI is InChI=1S/C26H22N2O6/c1-2-33-18-12-8-11-17(15-18)27-24(29)21-22(19-13-6-7-14-20(19)26(31)32)28(34-23(21)25(27)30)16-9-4-3-5-10-16/h3-15,21-23H,2H2,1H3,(H,31,32)/t21-,22-,23-/m0/s1. The Morgan fingerprint density at radius 1 is 0.941 bits per heavy atom. The topological polar surface area (TPSA) is 96.4 Å². The minimum Gasteiger partial charge on any atom is -0.494 e. The molecule has 2 aliphatic rings. The average molecular weight is 458 g/mol. The van der Waals surface area contributed by atoms with Crippen LogP contribution < -0.4 is 14.7 Å². The van der Waals surface area contributed by atoms with Crippen LogP contribution in [0.5, 0.6) is 5.75 Å². The smallest absolute Gasteiger partial charge is 0.336 e. The summed E-state index contributed by atoms with van der Waals surface area (Å²) >= 11 is 0. The molecule has 34 heavy (non-hydrogen) atoms. The second kappa shape index (κ2) is 8.64. The van der Waals surface area contributed by atoms with E-state index in [1.807, 2.05) is 25.1 Å². The maximum absolute atomic E-state index is 13.7. The quantitative estimate of drug-likeness (QED) is 0.561. The van der Waals surface area contributed by atoms with Gasteiger partial charge in [-0.1, -0.05) is 42.5 Å². The lowest BCUT2D eigenvalue weighted by atomic mass is 9.88. The molecular formula is C26H22N2O6. The molecule has 0 bridgehead atoms. The third-order valence-electron chi connectivity index (χ3n) is 6.02. The van der Waals surface area contributed by atoms with Gasteiger partial charge in [-0.05, 0) is 42.8 Å². The lowest BCUT2D eigenvalue weighted by Crippen LogP contribution is -2.37. The van der Waals surface area contributed by atoms with Crippen molar-refractivity contribution in [3.8, 4) is 5.75 Å². The Bertz CT molecular complexity index is 1260. The fraction of sp³-hybridized carbons (Fsp3) is 0.192. The summed E-state index contributed by atoms with van der Waals surface area (Å²) in [5.74, 6) is -2.46. The summed E-state index contributed by atoms with van der Waals surface area (Å²) in [6, 6.07) is 21.5. The van der Waals surface area contributed by atoms with E-state index in [2.05, 4.69) is 0 Å². The first-order chi connectivity index (χ1) is 16.5. The molecule has 3 atom stereocenters. The predicted octanol–water partition coefficient (Wildman–Crippen LogP) is 3.83. The third-order valence-corrected chi connectivity index (χ3v) is 6.02. The number of fused-ring (bicyclic) bond motifs is 1. The van der Waals surface area contributed by atoms with Crippen molar-refractivity contribution in [3.05, 3.63) is 90.0 Å². The van der Waals surface area contributed by atoms with Crippen LogP contribution in [0, 0.1) is 5.92 Å². The molecule has 3 aromatic carbocycles. The molecule has 2 heterocycles. The number of hydrogen-bond acceptors (Lipinski definition) is 6. The van der Waals surface area contributed by atoms with E-state index in [0.29, 0.717) is 29.3 Å². The molecule has 0 saturated carbocycles. The van der Waals surface area contributed by atoms with Crippen molar-refractivity contribution in [1.29, 1.82) is 0 Å². The highest BCUT2D eigenvalue weighted by Gasteiger charge is 2.60. The Kier molecular flexibility index (Phi) is 5.51. The van der Waals surface area contributed by atoms with E-state index in [0.717, 1.165) is 4.90 Å². The summed E-state index contributed by atoms with van der Waals surface area (Å²) in [5, 5.41) is 11.3. The highest BCUT2D eigenvalue weighted by atomic mass is 16.7. The van der Waals surface area contributed by atoms with Crippen LogP contribution in [0.4, 0.5) is 11.4 Å². The summed E-state index contributed by atoms with van der Waals surface area (Å²) in [6.07, 6.45) is -1.09. The zero-order chi connectivity index (χ0) is 23.8. The SMILES string of the molecule is CCOc1cccc(N2C(=O)[C@@H]3[C@H](ON(c4ccccc4)[C@H]3c3ccccc3C(=O)O)C2=O)c1. The van der Waals surface area contributed by atoms with Crippen molar-refractivity contribution < 1.29 is 29.1 Å². The van der Waals surface area contributed by atoms with Gasteiger partial charge >= 0.3 is 5.97 Å². The number of carbonyl (C=O) groups is 3. The fourth-order valence-corrected chi connectivity index (χ4v) is 4.61. The molecule has 1 N–H and O–H groups in total. The zero-order valence-corrected chi connectivity index (χ0v) is 18.3. The molecule has 2 fully saturated rings. The number of hydrogen-bond donors (Lipinski definition) is 1. The number of ether oxygens (including phenoxy) is 1. The number of amides is 2. The van der Waals surface area contributed by atoms with Gasteiger partial charge in [0.25, 0.3) is 5.91 Å². The number of carboxylic acids is 1. The van der Waals surface area contributed by atoms with Crippen LogP contribution in [0.2, 0.25) is 0 Å². The fourth-order valence-electron chi connectivity index (χ4n) is 4.61. The van der Waals surface area contributed by atoms with Crippen molar-refractivity contribution >= 4 is 29.2 Å². The Hall–Kier alpha value is -4.17. The number of imide groups is 1. The van der Waals surface area contributed by atoms with Crippen LogP contribution in [-0.4, -0.2) is 35.6 Å². The normalized spacial score (nSPS) is 21.6. The molecule has 2 saturated heterocycles. The molecule has 2 aliphatic heterocycles. The first kappa shape index (κ1) is 21.7. The van der Waals surface area contributed by atoms with Crippen molar-refractivity contribution in [2.45, 2.75) is 19.1 Å². The molecule has 172 valence electrons. The van der Waals surface area contributed by atoms with Crippen LogP contribution in [0.3, 0.4) is 0 Å². The highest BCUT2D eigenvalue weighted by molar-refractivity contribution is 6.24. The third kappa shape index (κ3) is 3.48. The number of benzene rings is 3. The molecule has 2 amide bonds. The van der Waals surface area contributed by atoms with E-state index < -0.39 is 35.8 Å². The number of hydroxylamine groups is 1. The number of carbonyl (C=O) groups excluding carboxylic acids is 2. The molecule has 0 radical (unpaired) electrons. The maximum Gasteiger partial charge on any atom is 0.336 e. The first-order valence-electron chi connectivity index (χ1n) is 10.9. The van der Waals surface area contributed by atoms with Gasteiger partial charge in [-0.2, -0.15) is 0 Å². The summed E-state index contributed by atoms with van der Waals surface area (Å²) < 4.78 is 5.52. The van der Waals surface area contributed by atoms with Gasteiger partial charge in [0, 0.05) is 6.07 Å². The van der Waals surface area contributed by atoms with Gasteiger partial charge in [-0.15, -0.1) is 0 Å². The second-order valence-corrected chi connectivity index (χ2v) is 7.99. The van der Waals surface area contributed by atoms with Crippen molar-refractivity contribution in [3.63, 3.8) is 0 Å². The van der Waals surface area contributed by atoms with E-state index in [4.69, 9.17) is 9.57 Å². The Labute approximate surface area is 195 Å². The van der Waals surface area contributed by atoms with E-state index >= 15 is 0 Å². The van der Waals surface area contributed by atoms with Crippen molar-refractivity contribution in [2.24, 2.45) is 5.92 Å². The van der Waals surface area contributed by atoms with Crippen LogP contribution in [0.1, 0.15) is 28.9 Å². The van der Waals surface area contributed by atoms with Gasteiger partial charge in [0.1, 0.15) is 11.7 Å². The minimum absolute atomic E-state index is 0.0507. The number of aromatic carboxylic acids is 1. The van der Waals surface area contributed by atoms with Crippen molar-refractivity contribution in [2.75, 3.05) is 16.6 Å². The molecular weight excluding hydrogens is 436 g/mol. The Morgan fingerprint density at radius 3 is 2.38 bits per heavy atom. The zero-order valence-electron chi connectivity index (χ0n) is 18.3. The lowest BCUT2D eigenvalue weighted by molar-refractivity contribution is -0.126.